The molecular formula is C9H11N3O3. The maximum absolute atomic E-state index is 10.8. The highest BCUT2D eigenvalue weighted by atomic mass is 16.5. The molecule has 0 aliphatic rings. The molecule has 2 N–H and O–H groups in total. The van der Waals surface area contributed by atoms with E-state index in [1.165, 1.54) is 12.1 Å². The fourth-order valence-corrected chi connectivity index (χ4v) is 0.947. The number of rotatable bonds is 4. The molecule has 0 aliphatic carbocycles. The van der Waals surface area contributed by atoms with Gasteiger partial charge in [0.05, 0.1) is 5.22 Å². The zero-order valence-electron chi connectivity index (χ0n) is 8.17. The van der Waals surface area contributed by atoms with Crippen LogP contribution in [0.2, 0.25) is 0 Å². The number of hydroxylamine groups is 1. The van der Waals surface area contributed by atoms with Gasteiger partial charge < -0.3 is 10.3 Å². The molecule has 1 aromatic rings. The Bertz CT molecular complexity index is 390. The molecular weight excluding hydrogens is 198 g/mol. The van der Waals surface area contributed by atoms with Gasteiger partial charge in [-0.2, -0.15) is 4.86 Å². The summed E-state index contributed by atoms with van der Waals surface area (Å²) in [6.45, 7) is 1.84. The summed E-state index contributed by atoms with van der Waals surface area (Å²) in [4.78, 5) is 11.2. The smallest absolute Gasteiger partial charge is 0.340 e. The summed E-state index contributed by atoms with van der Waals surface area (Å²) in [6, 6.07) is 6.23. The van der Waals surface area contributed by atoms with E-state index >= 15 is 0 Å². The lowest BCUT2D eigenvalue weighted by atomic mass is 10.2. The number of carbonyl (C=O) groups is 1. The molecule has 6 heteroatoms. The Balaban J connectivity index is 2.90. The number of hydrogen-bond donors (Lipinski definition) is 2. The number of aromatic carboxylic acids is 1. The van der Waals surface area contributed by atoms with Gasteiger partial charge in [0.25, 0.3) is 0 Å². The second-order valence-electron chi connectivity index (χ2n) is 2.73. The molecule has 0 aromatic heterocycles. The van der Waals surface area contributed by atoms with Gasteiger partial charge in [0, 0.05) is 0 Å². The molecule has 0 bridgehead atoms. The minimum atomic E-state index is -1.07. The zero-order chi connectivity index (χ0) is 11.3. The van der Waals surface area contributed by atoms with Crippen LogP contribution >= 0.6 is 0 Å². The number of benzene rings is 1. The number of anilines is 1. The quantitative estimate of drug-likeness (QED) is 0.448. The first-order chi connectivity index (χ1) is 7.15. The van der Waals surface area contributed by atoms with Gasteiger partial charge in [-0.15, -0.1) is 5.43 Å². The molecule has 0 spiro atoms. The zero-order valence-corrected chi connectivity index (χ0v) is 8.17. The molecule has 6 nitrogen and oxygen atoms in total. The number of nitrogens with zero attached hydrogens (tertiary/aromatic N) is 2. The fraction of sp³-hybridized carbons (Fsp3) is 0.222. The highest BCUT2D eigenvalue weighted by Gasteiger charge is 2.11. The lowest BCUT2D eigenvalue weighted by molar-refractivity contribution is -0.524. The minimum Gasteiger partial charge on any atom is -0.696 e. The maximum Gasteiger partial charge on any atom is 0.340 e. The second-order valence-corrected chi connectivity index (χ2v) is 2.73. The van der Waals surface area contributed by atoms with Gasteiger partial charge in [-0.1, -0.05) is 12.1 Å². The summed E-state index contributed by atoms with van der Waals surface area (Å²) in [7, 11) is 0. The molecule has 1 aromatic carbocycles. The fourth-order valence-electron chi connectivity index (χ4n) is 0.947. The van der Waals surface area contributed by atoms with Gasteiger partial charge in [-0.25, -0.2) is 4.79 Å². The van der Waals surface area contributed by atoms with Crippen LogP contribution in [-0.2, 0) is 0 Å². The van der Waals surface area contributed by atoms with Crippen LogP contribution in [0.1, 0.15) is 17.3 Å². The van der Waals surface area contributed by atoms with Crippen LogP contribution in [0.3, 0.4) is 0 Å². The molecule has 0 unspecified atom stereocenters. The van der Waals surface area contributed by atoms with Gasteiger partial charge in [0.2, 0.25) is 0 Å². The normalized spacial score (nSPS) is 11.1. The average Bonchev–Trinajstić information content (AvgIpc) is 2.26. The molecule has 0 aliphatic heterocycles. The Morgan fingerprint density at radius 3 is 2.87 bits per heavy atom. The summed E-state index contributed by atoms with van der Waals surface area (Å²) in [5.74, 6) is -1.07. The van der Waals surface area contributed by atoms with E-state index < -0.39 is 5.97 Å². The standard InChI is InChI=1S/C9H11N3O3/c1-2-12(15)11-10-8-6-4-3-5-7(8)9(13)14/h3-6,10H,2H2,1H3,(H,13,14). The Labute approximate surface area is 86.4 Å². The first-order valence-corrected chi connectivity index (χ1v) is 4.38. The van der Waals surface area contributed by atoms with E-state index in [2.05, 4.69) is 10.6 Å². The van der Waals surface area contributed by atoms with Gasteiger partial charge in [0.1, 0.15) is 12.1 Å². The monoisotopic (exact) mass is 209 g/mol. The highest BCUT2D eigenvalue weighted by Crippen LogP contribution is 2.14. The van der Waals surface area contributed by atoms with Crippen LogP contribution in [0.25, 0.3) is 0 Å². The van der Waals surface area contributed by atoms with E-state index in [1.54, 1.807) is 19.1 Å². The van der Waals surface area contributed by atoms with Crippen molar-refractivity contribution in [3.63, 3.8) is 0 Å². The summed E-state index contributed by atoms with van der Waals surface area (Å²) < 4.78 is 0. The lowest BCUT2D eigenvalue weighted by Gasteiger charge is -2.02. The molecule has 80 valence electrons. The second kappa shape index (κ2) is 4.94. The summed E-state index contributed by atoms with van der Waals surface area (Å²) in [5, 5.41) is 23.0. The van der Waals surface area contributed by atoms with Crippen molar-refractivity contribution in [2.45, 2.75) is 6.92 Å². The van der Waals surface area contributed by atoms with E-state index in [-0.39, 0.29) is 12.1 Å². The summed E-state index contributed by atoms with van der Waals surface area (Å²) >= 11 is 0. The van der Waals surface area contributed by atoms with E-state index in [0.717, 1.165) is 0 Å². The summed E-state index contributed by atoms with van der Waals surface area (Å²) in [5.41, 5.74) is 2.77. The Hall–Kier alpha value is -2.11. The Kier molecular flexibility index (Phi) is 3.61. The SMILES string of the molecule is CC[N+]([O-])=NNc1ccccc1C(=O)O. The van der Waals surface area contributed by atoms with Crippen LogP contribution in [0.4, 0.5) is 5.69 Å². The molecule has 0 fully saturated rings. The molecule has 15 heavy (non-hydrogen) atoms. The summed E-state index contributed by atoms with van der Waals surface area (Å²) in [6.07, 6.45) is 0. The van der Waals surface area contributed by atoms with Gasteiger partial charge >= 0.3 is 5.97 Å². The van der Waals surface area contributed by atoms with Crippen LogP contribution in [0, 0.1) is 5.21 Å². The first kappa shape index (κ1) is 11.0. The van der Waals surface area contributed by atoms with Crippen molar-refractivity contribution >= 4 is 11.7 Å². The number of nitrogens with one attached hydrogen (secondary N) is 1. The third-order valence-corrected chi connectivity index (χ3v) is 1.71. The molecule has 0 atom stereocenters. The van der Waals surface area contributed by atoms with Crippen molar-refractivity contribution in [3.05, 3.63) is 35.0 Å². The average molecular weight is 209 g/mol. The van der Waals surface area contributed by atoms with Crippen LogP contribution < -0.4 is 5.43 Å². The molecule has 0 amide bonds. The number of carboxylic acid groups (broad SMARTS) is 1. The van der Waals surface area contributed by atoms with Crippen molar-refractivity contribution in [1.82, 2.24) is 0 Å². The van der Waals surface area contributed by atoms with Crippen molar-refractivity contribution in [3.8, 4) is 0 Å². The molecule has 1 rings (SSSR count). The Morgan fingerprint density at radius 1 is 1.60 bits per heavy atom. The van der Waals surface area contributed by atoms with Crippen LogP contribution in [0.5, 0.6) is 0 Å². The third kappa shape index (κ3) is 2.94. The topological polar surface area (TPSA) is 87.8 Å². The largest absolute Gasteiger partial charge is 0.696 e. The highest BCUT2D eigenvalue weighted by molar-refractivity contribution is 5.94. The van der Waals surface area contributed by atoms with E-state index in [1.807, 2.05) is 0 Å². The molecule has 0 radical (unpaired) electrons. The number of hydrogen-bond acceptors (Lipinski definition) is 3. The number of para-hydroxylation sites is 1. The van der Waals surface area contributed by atoms with E-state index in [0.29, 0.717) is 10.5 Å². The minimum absolute atomic E-state index is 0.0748. The predicted octanol–water partition coefficient (Wildman–Crippen LogP) is 1.69. The third-order valence-electron chi connectivity index (χ3n) is 1.71. The van der Waals surface area contributed by atoms with Crippen molar-refractivity contribution in [1.29, 1.82) is 0 Å². The first-order valence-electron chi connectivity index (χ1n) is 4.38. The molecule has 0 heterocycles. The van der Waals surface area contributed by atoms with Gasteiger partial charge in [0.15, 0.2) is 5.69 Å². The van der Waals surface area contributed by atoms with Crippen LogP contribution in [-0.4, -0.2) is 22.5 Å². The van der Waals surface area contributed by atoms with Crippen LogP contribution in [0.15, 0.2) is 29.5 Å². The molecule has 0 saturated carbocycles. The van der Waals surface area contributed by atoms with Gasteiger partial charge in [-0.3, -0.25) is 0 Å². The van der Waals surface area contributed by atoms with Crippen molar-refractivity contribution in [2.75, 3.05) is 12.0 Å². The molecule has 0 saturated heterocycles. The lowest BCUT2D eigenvalue weighted by Crippen LogP contribution is -2.06. The van der Waals surface area contributed by atoms with E-state index in [4.69, 9.17) is 5.11 Å². The maximum atomic E-state index is 10.8. The van der Waals surface area contributed by atoms with Crippen molar-refractivity contribution in [2.24, 2.45) is 5.22 Å². The van der Waals surface area contributed by atoms with Crippen molar-refractivity contribution < 1.29 is 14.8 Å². The Morgan fingerprint density at radius 2 is 2.27 bits per heavy atom. The predicted molar refractivity (Wildman–Crippen MR) is 53.6 cm³/mol. The van der Waals surface area contributed by atoms with E-state index in [9.17, 15) is 10.0 Å². The number of carboxylic acids is 1. The van der Waals surface area contributed by atoms with Gasteiger partial charge in [-0.05, 0) is 19.1 Å².